The van der Waals surface area contributed by atoms with Crippen molar-refractivity contribution >= 4 is 104 Å². The Hall–Kier alpha value is -4.15. The van der Waals surface area contributed by atoms with Gasteiger partial charge in [0.25, 0.3) is 35.4 Å². The molecule has 0 aliphatic carbocycles. The van der Waals surface area contributed by atoms with Gasteiger partial charge in [-0.05, 0) is 0 Å². The minimum atomic E-state index is -0.813. The Bertz CT molecular complexity index is 1310. The standard InChI is InChI=1S/C10H13NO6S.C9H11NO5S.C8H9NO5S/c1-7(12)18-5-4-16-6-10(15)17-11-8(13)2-3-9(11)14;1-6(11)16-5-4-9(14)15-10-7(12)2-3-8(10)13;1-5(10)15-4-8(13)14-9-6(11)2-3-7(9)12/h2-6H2,1H3;2-5H2,1H3;2-4H2,1H3. The number of nitrogens with zero attached hydrogens (tertiary/aromatic N) is 3. The van der Waals surface area contributed by atoms with E-state index >= 15 is 0 Å². The quantitative estimate of drug-likeness (QED) is 0.178. The van der Waals surface area contributed by atoms with E-state index in [0.29, 0.717) is 20.9 Å². The Kier molecular flexibility index (Phi) is 19.7. The molecular weight excluding hydrogens is 719 g/mol. The van der Waals surface area contributed by atoms with Crippen LogP contribution in [-0.4, -0.2) is 114 Å². The zero-order chi connectivity index (χ0) is 37.1. The molecule has 0 atom stereocenters. The van der Waals surface area contributed by atoms with E-state index in [0.717, 1.165) is 35.3 Å². The van der Waals surface area contributed by atoms with E-state index in [1.165, 1.54) is 20.8 Å². The summed E-state index contributed by atoms with van der Waals surface area (Å²) >= 11 is 2.84. The summed E-state index contributed by atoms with van der Waals surface area (Å²) in [6.07, 6.45) is 0.381. The van der Waals surface area contributed by atoms with Crippen LogP contribution in [0.3, 0.4) is 0 Å². The van der Waals surface area contributed by atoms with Crippen LogP contribution in [0.15, 0.2) is 0 Å². The van der Waals surface area contributed by atoms with E-state index < -0.39 is 53.4 Å². The van der Waals surface area contributed by atoms with Gasteiger partial charge in [0.1, 0.15) is 12.4 Å². The summed E-state index contributed by atoms with van der Waals surface area (Å²) in [5.41, 5.74) is 0. The van der Waals surface area contributed by atoms with Crippen molar-refractivity contribution in [3.8, 4) is 0 Å². The minimum absolute atomic E-state index is 0.0126. The molecule has 3 aliphatic rings. The first-order valence-corrected chi connectivity index (χ1v) is 17.1. The van der Waals surface area contributed by atoms with E-state index in [1.54, 1.807) is 0 Å². The lowest BCUT2D eigenvalue weighted by Gasteiger charge is -2.12. The van der Waals surface area contributed by atoms with E-state index in [4.69, 9.17) is 4.74 Å². The molecule has 3 saturated heterocycles. The van der Waals surface area contributed by atoms with Gasteiger partial charge in [-0.1, -0.05) is 35.3 Å². The van der Waals surface area contributed by atoms with Crippen LogP contribution in [0.5, 0.6) is 0 Å². The van der Waals surface area contributed by atoms with E-state index in [2.05, 4.69) is 14.5 Å². The highest BCUT2D eigenvalue weighted by Crippen LogP contribution is 2.15. The number of imide groups is 3. The van der Waals surface area contributed by atoms with Gasteiger partial charge in [-0.2, -0.15) is 0 Å². The fraction of sp³-hybridized carbons (Fsp3) is 0.556. The third-order valence-corrected chi connectivity index (χ3v) is 7.73. The highest BCUT2D eigenvalue weighted by molar-refractivity contribution is 8.14. The molecule has 0 bridgehead atoms. The number of rotatable bonds is 13. The number of ether oxygens (including phenoxy) is 1. The summed E-state index contributed by atoms with van der Waals surface area (Å²) in [7, 11) is 0. The van der Waals surface area contributed by atoms with Gasteiger partial charge in [-0.15, -0.1) is 15.2 Å². The van der Waals surface area contributed by atoms with Crippen molar-refractivity contribution in [1.29, 1.82) is 0 Å². The molecule has 0 aromatic heterocycles. The van der Waals surface area contributed by atoms with Gasteiger partial charge >= 0.3 is 17.9 Å². The predicted molar refractivity (Wildman–Crippen MR) is 166 cm³/mol. The summed E-state index contributed by atoms with van der Waals surface area (Å²) < 4.78 is 4.93. The topological polar surface area (TPSA) is 251 Å². The van der Waals surface area contributed by atoms with Crippen LogP contribution in [0.2, 0.25) is 0 Å². The Balaban J connectivity index is 0.000000369. The smallest absolute Gasteiger partial charge is 0.358 e. The minimum Gasteiger partial charge on any atom is -0.369 e. The van der Waals surface area contributed by atoms with Crippen molar-refractivity contribution in [2.75, 3.05) is 30.5 Å². The largest absolute Gasteiger partial charge is 0.369 e. The van der Waals surface area contributed by atoms with Gasteiger partial charge in [-0.3, -0.25) is 43.2 Å². The first-order valence-electron chi connectivity index (χ1n) is 14.2. The van der Waals surface area contributed by atoms with E-state index in [-0.39, 0.29) is 85.0 Å². The number of carbonyl (C=O) groups is 12. The van der Waals surface area contributed by atoms with Crippen LogP contribution >= 0.6 is 35.3 Å². The Morgan fingerprint density at radius 1 is 0.510 bits per heavy atom. The van der Waals surface area contributed by atoms with Gasteiger partial charge < -0.3 is 19.2 Å². The molecule has 3 aliphatic heterocycles. The Labute approximate surface area is 291 Å². The molecule has 6 amide bonds. The second-order valence-electron chi connectivity index (χ2n) is 9.40. The lowest BCUT2D eigenvalue weighted by Crippen LogP contribution is -2.33. The first-order chi connectivity index (χ1) is 23.0. The molecule has 0 radical (unpaired) electrons. The van der Waals surface area contributed by atoms with Crippen LogP contribution in [0.1, 0.15) is 65.7 Å². The van der Waals surface area contributed by atoms with Crippen molar-refractivity contribution in [2.45, 2.75) is 65.7 Å². The summed E-state index contributed by atoms with van der Waals surface area (Å²) in [4.78, 5) is 145. The summed E-state index contributed by atoms with van der Waals surface area (Å²) in [5.74, 6) is -4.87. The zero-order valence-corrected chi connectivity index (χ0v) is 29.0. The van der Waals surface area contributed by atoms with Crippen LogP contribution in [0.25, 0.3) is 0 Å². The van der Waals surface area contributed by atoms with Crippen LogP contribution in [-0.2, 0) is 76.8 Å². The number of thioether (sulfide) groups is 3. The lowest BCUT2D eigenvalue weighted by molar-refractivity contribution is -0.200. The van der Waals surface area contributed by atoms with Gasteiger partial charge in [-0.25, -0.2) is 14.4 Å². The molecule has 0 saturated carbocycles. The molecule has 270 valence electrons. The van der Waals surface area contributed by atoms with Crippen molar-refractivity contribution in [3.63, 3.8) is 0 Å². The van der Waals surface area contributed by atoms with Crippen molar-refractivity contribution in [3.05, 3.63) is 0 Å². The number of amides is 6. The molecule has 3 heterocycles. The maximum Gasteiger partial charge on any atom is 0.358 e. The molecule has 0 unspecified atom stereocenters. The summed E-state index contributed by atoms with van der Waals surface area (Å²) in [5, 5.41) is 1.07. The average molecular weight is 752 g/mol. The molecule has 19 nitrogen and oxygen atoms in total. The Morgan fingerprint density at radius 2 is 0.857 bits per heavy atom. The molecule has 22 heteroatoms. The molecule has 0 aromatic carbocycles. The molecular formula is C27H33N3O16S3. The highest BCUT2D eigenvalue weighted by atomic mass is 32.2. The predicted octanol–water partition coefficient (Wildman–Crippen LogP) is 0.0266. The zero-order valence-electron chi connectivity index (χ0n) is 26.6. The monoisotopic (exact) mass is 751 g/mol. The van der Waals surface area contributed by atoms with Gasteiger partial charge in [0.15, 0.2) is 15.3 Å². The van der Waals surface area contributed by atoms with E-state index in [9.17, 15) is 57.5 Å². The fourth-order valence-electron chi connectivity index (χ4n) is 3.22. The van der Waals surface area contributed by atoms with Gasteiger partial charge in [0.2, 0.25) is 0 Å². The van der Waals surface area contributed by atoms with Crippen molar-refractivity contribution in [1.82, 2.24) is 15.2 Å². The third kappa shape index (κ3) is 17.7. The molecule has 0 N–H and O–H groups in total. The number of hydrogen-bond acceptors (Lipinski definition) is 19. The molecule has 49 heavy (non-hydrogen) atoms. The Morgan fingerprint density at radius 3 is 1.24 bits per heavy atom. The number of carbonyl (C=O) groups excluding carboxylic acids is 12. The summed E-state index contributed by atoms with van der Waals surface area (Å²) in [6, 6.07) is 0. The third-order valence-electron chi connectivity index (χ3n) is 5.35. The first kappa shape index (κ1) is 42.9. The van der Waals surface area contributed by atoms with Crippen LogP contribution in [0, 0.1) is 0 Å². The van der Waals surface area contributed by atoms with Gasteiger partial charge in [0.05, 0.1) is 13.0 Å². The van der Waals surface area contributed by atoms with Crippen molar-refractivity contribution in [2.24, 2.45) is 0 Å². The lowest BCUT2D eigenvalue weighted by atomic mass is 10.4. The number of hydroxylamine groups is 6. The maximum atomic E-state index is 11.2. The highest BCUT2D eigenvalue weighted by Gasteiger charge is 2.34. The van der Waals surface area contributed by atoms with E-state index in [1.807, 2.05) is 0 Å². The number of hydrogen-bond donors (Lipinski definition) is 0. The molecule has 0 aromatic rings. The molecule has 3 rings (SSSR count). The fourth-order valence-corrected chi connectivity index (χ4v) is 4.63. The average Bonchev–Trinajstić information content (AvgIpc) is 3.63. The normalized spacial score (nSPS) is 15.4. The maximum absolute atomic E-state index is 11.2. The van der Waals surface area contributed by atoms with Crippen LogP contribution in [0.4, 0.5) is 0 Å². The van der Waals surface area contributed by atoms with Crippen molar-refractivity contribution < 1.29 is 76.8 Å². The second-order valence-corrected chi connectivity index (χ2v) is 13.1. The SMILES string of the molecule is CC(=O)SCC(=O)ON1C(=O)CCC1=O.CC(=O)SCCC(=O)ON1C(=O)CCC1=O.CC(=O)SCCOCC(=O)ON1C(=O)CCC1=O. The van der Waals surface area contributed by atoms with Crippen LogP contribution < -0.4 is 0 Å². The molecule has 0 spiro atoms. The second kappa shape index (κ2) is 22.5. The molecule has 3 fully saturated rings. The van der Waals surface area contributed by atoms with Gasteiger partial charge in [0, 0.05) is 70.8 Å². The summed E-state index contributed by atoms with van der Waals surface area (Å²) in [6.45, 7) is 3.98.